The van der Waals surface area contributed by atoms with Gasteiger partial charge in [0.2, 0.25) is 0 Å². The summed E-state index contributed by atoms with van der Waals surface area (Å²) in [6.45, 7) is -0.243. The minimum Gasteiger partial charge on any atom is -0.439 e. The normalized spacial score (nSPS) is 13.8. The highest BCUT2D eigenvalue weighted by Crippen LogP contribution is 2.30. The molecule has 0 atom stereocenters. The van der Waals surface area contributed by atoms with Gasteiger partial charge in [0, 0.05) is 5.39 Å². The monoisotopic (exact) mass is 379 g/mol. The number of pyridine rings is 1. The summed E-state index contributed by atoms with van der Waals surface area (Å²) in [7, 11) is 0. The lowest BCUT2D eigenvalue weighted by Gasteiger charge is -2.13. The number of carbonyl (C=O) groups excluding carboxylic acids is 3. The zero-order chi connectivity index (χ0) is 19.8. The smallest absolute Gasteiger partial charge is 0.417 e. The summed E-state index contributed by atoms with van der Waals surface area (Å²) in [6.07, 6.45) is -0.698. The van der Waals surface area contributed by atoms with Crippen LogP contribution in [0.15, 0.2) is 48.5 Å². The molecule has 1 aromatic heterocycles. The Bertz CT molecular complexity index is 1110. The van der Waals surface area contributed by atoms with Crippen molar-refractivity contribution in [3.05, 3.63) is 65.6 Å². The van der Waals surface area contributed by atoms with E-state index in [1.165, 1.54) is 12.1 Å². The minimum absolute atomic E-state index is 0.0297. The van der Waals surface area contributed by atoms with Crippen molar-refractivity contribution >= 4 is 28.8 Å². The standard InChI is InChI=1S/C20H14FN3O4/c21-13-4-2-12(3-5-13)15-8-17(19(22)26)23-16-7-11(1-6-14(15)16)9-24-18(25)10-28-20(24)27/h1-8H,9-10H2,(H2,22,26). The number of primary amides is 1. The van der Waals surface area contributed by atoms with Crippen molar-refractivity contribution in [2.75, 3.05) is 6.61 Å². The van der Waals surface area contributed by atoms with Gasteiger partial charge in [-0.25, -0.2) is 19.1 Å². The van der Waals surface area contributed by atoms with Crippen LogP contribution in [0.3, 0.4) is 0 Å². The Morgan fingerprint density at radius 1 is 1.14 bits per heavy atom. The number of fused-ring (bicyclic) bond motifs is 1. The maximum absolute atomic E-state index is 13.3. The SMILES string of the molecule is NC(=O)c1cc(-c2ccc(F)cc2)c2ccc(CN3C(=O)COC3=O)cc2n1. The summed E-state index contributed by atoms with van der Waals surface area (Å²) in [5.74, 6) is -1.49. The number of cyclic esters (lactones) is 1. The number of nitrogens with two attached hydrogens (primary N) is 1. The number of benzene rings is 2. The molecule has 1 aliphatic heterocycles. The van der Waals surface area contributed by atoms with Crippen molar-refractivity contribution in [2.45, 2.75) is 6.54 Å². The first kappa shape index (κ1) is 17.6. The van der Waals surface area contributed by atoms with E-state index < -0.39 is 17.9 Å². The van der Waals surface area contributed by atoms with Gasteiger partial charge < -0.3 is 10.5 Å². The van der Waals surface area contributed by atoms with E-state index in [2.05, 4.69) is 4.98 Å². The van der Waals surface area contributed by atoms with Crippen molar-refractivity contribution in [3.8, 4) is 11.1 Å². The molecule has 0 unspecified atom stereocenters. The quantitative estimate of drug-likeness (QED) is 0.751. The van der Waals surface area contributed by atoms with Gasteiger partial charge in [-0.05, 0) is 41.0 Å². The Morgan fingerprint density at radius 3 is 2.54 bits per heavy atom. The molecule has 28 heavy (non-hydrogen) atoms. The van der Waals surface area contributed by atoms with Crippen molar-refractivity contribution < 1.29 is 23.5 Å². The molecule has 7 nitrogen and oxygen atoms in total. The molecule has 0 radical (unpaired) electrons. The van der Waals surface area contributed by atoms with E-state index in [4.69, 9.17) is 10.5 Å². The Kier molecular flexibility index (Phi) is 4.23. The molecule has 0 saturated carbocycles. The topological polar surface area (TPSA) is 103 Å². The summed E-state index contributed by atoms with van der Waals surface area (Å²) < 4.78 is 18.0. The Labute approximate surface area is 158 Å². The maximum Gasteiger partial charge on any atom is 0.417 e. The first-order valence-corrected chi connectivity index (χ1v) is 8.39. The van der Waals surface area contributed by atoms with Gasteiger partial charge in [0.25, 0.3) is 11.8 Å². The molecular weight excluding hydrogens is 365 g/mol. The molecule has 2 aromatic carbocycles. The summed E-state index contributed by atoms with van der Waals surface area (Å²) in [5, 5.41) is 0.718. The highest BCUT2D eigenvalue weighted by molar-refractivity contribution is 6.01. The second-order valence-corrected chi connectivity index (χ2v) is 6.31. The fourth-order valence-electron chi connectivity index (χ4n) is 3.08. The lowest BCUT2D eigenvalue weighted by molar-refractivity contribution is -0.126. The van der Waals surface area contributed by atoms with E-state index in [-0.39, 0.29) is 24.7 Å². The van der Waals surface area contributed by atoms with E-state index >= 15 is 0 Å². The van der Waals surface area contributed by atoms with E-state index in [1.54, 1.807) is 36.4 Å². The van der Waals surface area contributed by atoms with Crippen molar-refractivity contribution in [1.82, 2.24) is 9.88 Å². The molecule has 8 heteroatoms. The molecule has 2 heterocycles. The predicted molar refractivity (Wildman–Crippen MR) is 97.6 cm³/mol. The molecule has 1 aliphatic rings. The number of rotatable bonds is 4. The van der Waals surface area contributed by atoms with Gasteiger partial charge in [-0.15, -0.1) is 0 Å². The van der Waals surface area contributed by atoms with Gasteiger partial charge in [-0.3, -0.25) is 9.59 Å². The van der Waals surface area contributed by atoms with Crippen molar-refractivity contribution in [1.29, 1.82) is 0 Å². The summed E-state index contributed by atoms with van der Waals surface area (Å²) in [6, 6.07) is 12.6. The second-order valence-electron chi connectivity index (χ2n) is 6.31. The Morgan fingerprint density at radius 2 is 1.89 bits per heavy atom. The number of ether oxygens (including phenoxy) is 1. The number of hydrogen-bond acceptors (Lipinski definition) is 5. The zero-order valence-corrected chi connectivity index (χ0v) is 14.5. The number of amides is 3. The van der Waals surface area contributed by atoms with Crippen LogP contribution in [0.1, 0.15) is 16.1 Å². The predicted octanol–water partition coefficient (Wildman–Crippen LogP) is 2.62. The third kappa shape index (κ3) is 3.16. The van der Waals surface area contributed by atoms with E-state index in [0.717, 1.165) is 10.3 Å². The highest BCUT2D eigenvalue weighted by Gasteiger charge is 2.30. The van der Waals surface area contributed by atoms with Gasteiger partial charge in [-0.1, -0.05) is 24.3 Å². The van der Waals surface area contributed by atoms with Gasteiger partial charge in [0.1, 0.15) is 11.5 Å². The first-order chi connectivity index (χ1) is 13.4. The van der Waals surface area contributed by atoms with Crippen LogP contribution in [-0.4, -0.2) is 34.4 Å². The number of nitrogens with zero attached hydrogens (tertiary/aromatic N) is 2. The minimum atomic E-state index is -0.700. The van der Waals surface area contributed by atoms with Gasteiger partial charge in [0.05, 0.1) is 12.1 Å². The average molecular weight is 379 g/mol. The fourth-order valence-corrected chi connectivity index (χ4v) is 3.08. The van der Waals surface area contributed by atoms with Crippen LogP contribution in [0.4, 0.5) is 9.18 Å². The van der Waals surface area contributed by atoms with Gasteiger partial charge in [0.15, 0.2) is 6.61 Å². The molecule has 140 valence electrons. The van der Waals surface area contributed by atoms with Crippen molar-refractivity contribution in [3.63, 3.8) is 0 Å². The van der Waals surface area contributed by atoms with Crippen LogP contribution in [0.5, 0.6) is 0 Å². The number of carbonyl (C=O) groups is 3. The maximum atomic E-state index is 13.3. The van der Waals surface area contributed by atoms with E-state index in [1.807, 2.05) is 0 Å². The Balaban J connectivity index is 1.82. The van der Waals surface area contributed by atoms with Crippen LogP contribution < -0.4 is 5.73 Å². The van der Waals surface area contributed by atoms with Crippen LogP contribution in [-0.2, 0) is 16.1 Å². The van der Waals surface area contributed by atoms with Crippen LogP contribution in [0.25, 0.3) is 22.0 Å². The largest absolute Gasteiger partial charge is 0.439 e. The molecule has 2 N–H and O–H groups in total. The van der Waals surface area contributed by atoms with Crippen LogP contribution in [0, 0.1) is 5.82 Å². The lowest BCUT2D eigenvalue weighted by atomic mass is 9.98. The third-order valence-corrected chi connectivity index (χ3v) is 4.46. The fraction of sp³-hybridized carbons (Fsp3) is 0.100. The molecular formula is C20H14FN3O4. The molecule has 4 rings (SSSR count). The van der Waals surface area contributed by atoms with E-state index in [9.17, 15) is 18.8 Å². The zero-order valence-electron chi connectivity index (χ0n) is 14.5. The van der Waals surface area contributed by atoms with Crippen molar-refractivity contribution in [2.24, 2.45) is 5.73 Å². The first-order valence-electron chi connectivity index (χ1n) is 8.39. The third-order valence-electron chi connectivity index (χ3n) is 4.46. The lowest BCUT2D eigenvalue weighted by Crippen LogP contribution is -2.28. The van der Waals surface area contributed by atoms with E-state index in [0.29, 0.717) is 22.2 Å². The molecule has 3 amide bonds. The summed E-state index contributed by atoms with van der Waals surface area (Å²) in [4.78, 5) is 40.4. The second kappa shape index (κ2) is 6.73. The Hall–Kier alpha value is -3.81. The molecule has 1 saturated heterocycles. The molecule has 0 spiro atoms. The number of halogens is 1. The molecule has 0 bridgehead atoms. The van der Waals surface area contributed by atoms with Crippen LogP contribution >= 0.6 is 0 Å². The highest BCUT2D eigenvalue weighted by atomic mass is 19.1. The number of hydrogen-bond donors (Lipinski definition) is 1. The molecule has 3 aromatic rings. The number of imide groups is 1. The summed E-state index contributed by atoms with van der Waals surface area (Å²) in [5.41, 5.74) is 7.93. The average Bonchev–Trinajstić information content (AvgIpc) is 2.99. The number of aromatic nitrogens is 1. The summed E-state index contributed by atoms with van der Waals surface area (Å²) >= 11 is 0. The molecule has 1 fully saturated rings. The van der Waals surface area contributed by atoms with Gasteiger partial charge >= 0.3 is 6.09 Å². The molecule has 0 aliphatic carbocycles. The van der Waals surface area contributed by atoms with Gasteiger partial charge in [-0.2, -0.15) is 0 Å². The van der Waals surface area contributed by atoms with Crippen LogP contribution in [0.2, 0.25) is 0 Å².